The zero-order valence-corrected chi connectivity index (χ0v) is 24.4. The van der Waals surface area contributed by atoms with Crippen molar-refractivity contribution in [3.05, 3.63) is 102 Å². The molecule has 0 radical (unpaired) electrons. The van der Waals surface area contributed by atoms with Crippen molar-refractivity contribution in [2.75, 3.05) is 39.3 Å². The predicted molar refractivity (Wildman–Crippen MR) is 157 cm³/mol. The van der Waals surface area contributed by atoms with Crippen molar-refractivity contribution in [3.63, 3.8) is 0 Å². The third-order valence-electron chi connectivity index (χ3n) is 6.95. The number of aryl methyl sites for hydroxylation is 1. The molecule has 4 rings (SSSR count). The largest absolute Gasteiger partial charge is 0.508 e. The first-order valence-electron chi connectivity index (χ1n) is 13.3. The molecule has 1 N–H and O–H groups in total. The highest BCUT2D eigenvalue weighted by molar-refractivity contribution is 7.89. The van der Waals surface area contributed by atoms with E-state index in [1.165, 1.54) is 32.9 Å². The average molecular weight is 584 g/mol. The molecule has 0 aromatic heterocycles. The summed E-state index contributed by atoms with van der Waals surface area (Å²) in [6.45, 7) is 8.51. The second kappa shape index (κ2) is 13.1. The minimum absolute atomic E-state index is 0.0104. The molecule has 1 aliphatic heterocycles. The van der Waals surface area contributed by atoms with Crippen molar-refractivity contribution in [1.82, 2.24) is 13.5 Å². The Labute approximate surface area is 238 Å². The van der Waals surface area contributed by atoms with Crippen molar-refractivity contribution < 1.29 is 21.9 Å². The van der Waals surface area contributed by atoms with E-state index in [9.17, 15) is 21.9 Å². The van der Waals surface area contributed by atoms with Gasteiger partial charge in [0.05, 0.1) is 9.79 Å². The number of phenols is 1. The molecular formula is C30H37N3O5S2. The zero-order chi connectivity index (χ0) is 28.8. The predicted octanol–water partition coefficient (Wildman–Crippen LogP) is 4.23. The summed E-state index contributed by atoms with van der Waals surface area (Å²) < 4.78 is 57.4. The number of benzene rings is 3. The molecule has 10 heteroatoms. The molecule has 1 aliphatic rings. The lowest BCUT2D eigenvalue weighted by atomic mass is 10.2. The molecule has 8 nitrogen and oxygen atoms in total. The molecule has 3 aromatic rings. The lowest BCUT2D eigenvalue weighted by molar-refractivity contribution is 0.238. The number of rotatable bonds is 6. The maximum atomic E-state index is 13.7. The standard InChI is InChI=1S/C30H37N3O5S2/c1-25-10-14-29(15-11-25)39(35,36)32-20-6-18-31(24-27-8-4-3-5-9-27)19-7-21-33(23-26(2)22-32)40(37,38)30-16-12-28(34)13-17-30/h3-5,8-17,34H,2,6-7,18-24H2,1H3. The fraction of sp³-hybridized carbons (Fsp3) is 0.333. The summed E-state index contributed by atoms with van der Waals surface area (Å²) in [5.74, 6) is -0.0226. The first-order chi connectivity index (χ1) is 19.1. The van der Waals surface area contributed by atoms with Crippen molar-refractivity contribution in [2.45, 2.75) is 36.1 Å². The van der Waals surface area contributed by atoms with Crippen LogP contribution < -0.4 is 0 Å². The van der Waals surface area contributed by atoms with E-state index < -0.39 is 20.0 Å². The molecule has 0 aliphatic carbocycles. The van der Waals surface area contributed by atoms with Crippen LogP contribution in [0.15, 0.2) is 101 Å². The minimum Gasteiger partial charge on any atom is -0.508 e. The second-order valence-corrected chi connectivity index (χ2v) is 14.1. The summed E-state index contributed by atoms with van der Waals surface area (Å²) in [7, 11) is -7.74. The molecule has 0 spiro atoms. The van der Waals surface area contributed by atoms with Gasteiger partial charge in [-0.3, -0.25) is 4.90 Å². The molecule has 3 aromatic carbocycles. The maximum absolute atomic E-state index is 13.7. The van der Waals surface area contributed by atoms with Crippen LogP contribution in [0, 0.1) is 6.92 Å². The van der Waals surface area contributed by atoms with Crippen LogP contribution in [-0.2, 0) is 26.6 Å². The van der Waals surface area contributed by atoms with E-state index in [1.807, 2.05) is 25.1 Å². The Morgan fingerprint density at radius 1 is 0.700 bits per heavy atom. The van der Waals surface area contributed by atoms with E-state index in [2.05, 4.69) is 23.6 Å². The van der Waals surface area contributed by atoms with E-state index in [4.69, 9.17) is 0 Å². The van der Waals surface area contributed by atoms with Gasteiger partial charge in [-0.2, -0.15) is 8.61 Å². The molecule has 1 fully saturated rings. The van der Waals surface area contributed by atoms with E-state index in [1.54, 1.807) is 24.3 Å². The van der Waals surface area contributed by atoms with E-state index in [-0.39, 0.29) is 41.7 Å². The first-order valence-corrected chi connectivity index (χ1v) is 16.2. The lowest BCUT2D eigenvalue weighted by Crippen LogP contribution is -2.41. The van der Waals surface area contributed by atoms with Crippen LogP contribution in [0.1, 0.15) is 24.0 Å². The number of hydrogen-bond donors (Lipinski definition) is 1. The Morgan fingerprint density at radius 3 is 1.68 bits per heavy atom. The van der Waals surface area contributed by atoms with Gasteiger partial charge in [0.2, 0.25) is 20.0 Å². The molecule has 1 saturated heterocycles. The van der Waals surface area contributed by atoms with Gasteiger partial charge in [-0.1, -0.05) is 54.6 Å². The van der Waals surface area contributed by atoms with Gasteiger partial charge in [0.1, 0.15) is 5.75 Å². The Hall–Kier alpha value is -3.02. The Balaban J connectivity index is 1.63. The summed E-state index contributed by atoms with van der Waals surface area (Å²) >= 11 is 0. The molecular weight excluding hydrogens is 546 g/mol. The van der Waals surface area contributed by atoms with E-state index in [0.717, 1.165) is 11.1 Å². The number of nitrogens with zero attached hydrogens (tertiary/aromatic N) is 3. The molecule has 214 valence electrons. The minimum atomic E-state index is -3.91. The molecule has 40 heavy (non-hydrogen) atoms. The van der Waals surface area contributed by atoms with Crippen molar-refractivity contribution >= 4 is 20.0 Å². The molecule has 0 atom stereocenters. The topological polar surface area (TPSA) is 98.2 Å². The summed E-state index contributed by atoms with van der Waals surface area (Å²) in [4.78, 5) is 2.51. The smallest absolute Gasteiger partial charge is 0.243 e. The lowest BCUT2D eigenvalue weighted by Gasteiger charge is -2.30. The van der Waals surface area contributed by atoms with Gasteiger partial charge in [-0.15, -0.1) is 0 Å². The number of hydrogen-bond acceptors (Lipinski definition) is 6. The van der Waals surface area contributed by atoms with Gasteiger partial charge in [0.15, 0.2) is 0 Å². The van der Waals surface area contributed by atoms with Crippen LogP contribution in [-0.4, -0.2) is 74.7 Å². The molecule has 0 bridgehead atoms. The third-order valence-corrected chi connectivity index (χ3v) is 10.7. The van der Waals surface area contributed by atoms with Crippen molar-refractivity contribution in [1.29, 1.82) is 0 Å². The Bertz CT molecular complexity index is 1400. The van der Waals surface area contributed by atoms with Crippen LogP contribution in [0.25, 0.3) is 0 Å². The highest BCUT2D eigenvalue weighted by atomic mass is 32.2. The summed E-state index contributed by atoms with van der Waals surface area (Å²) in [5.41, 5.74) is 2.59. The summed E-state index contributed by atoms with van der Waals surface area (Å²) in [6.07, 6.45) is 1.23. The average Bonchev–Trinajstić information content (AvgIpc) is 2.92. The first kappa shape index (κ1) is 30.0. The van der Waals surface area contributed by atoms with Gasteiger partial charge in [0.25, 0.3) is 0 Å². The van der Waals surface area contributed by atoms with E-state index in [0.29, 0.717) is 38.0 Å². The molecule has 0 saturated carbocycles. The normalized spacial score (nSPS) is 17.7. The van der Waals surface area contributed by atoms with Crippen LogP contribution >= 0.6 is 0 Å². The van der Waals surface area contributed by atoms with E-state index >= 15 is 0 Å². The van der Waals surface area contributed by atoms with Gasteiger partial charge < -0.3 is 5.11 Å². The third kappa shape index (κ3) is 7.58. The zero-order valence-electron chi connectivity index (χ0n) is 22.8. The van der Waals surface area contributed by atoms with Crippen LogP contribution in [0.3, 0.4) is 0 Å². The van der Waals surface area contributed by atoms with Crippen LogP contribution in [0.4, 0.5) is 0 Å². The van der Waals surface area contributed by atoms with Crippen LogP contribution in [0.2, 0.25) is 0 Å². The highest BCUT2D eigenvalue weighted by Gasteiger charge is 2.29. The molecule has 1 heterocycles. The fourth-order valence-corrected chi connectivity index (χ4v) is 7.80. The van der Waals surface area contributed by atoms with Crippen molar-refractivity contribution in [2.24, 2.45) is 0 Å². The number of sulfonamides is 2. The Kier molecular flexibility index (Phi) is 9.81. The number of aromatic hydroxyl groups is 1. The SMILES string of the molecule is C=C1CN(S(=O)(=O)c2ccc(C)cc2)CCCN(Cc2ccccc2)CCCN(S(=O)(=O)c2ccc(O)cc2)C1. The maximum Gasteiger partial charge on any atom is 0.243 e. The van der Waals surface area contributed by atoms with Gasteiger partial charge in [-0.05, 0) is 80.4 Å². The van der Waals surface area contributed by atoms with Crippen molar-refractivity contribution in [3.8, 4) is 5.75 Å². The number of phenolic OH excluding ortho intramolecular Hbond substituents is 1. The summed E-state index contributed by atoms with van der Waals surface area (Å²) in [6, 6.07) is 22.2. The quantitative estimate of drug-likeness (QED) is 0.436. The molecule has 0 unspecified atom stereocenters. The Morgan fingerprint density at radius 2 is 1.18 bits per heavy atom. The second-order valence-electron chi connectivity index (χ2n) is 10.2. The monoisotopic (exact) mass is 583 g/mol. The van der Waals surface area contributed by atoms with Gasteiger partial charge in [-0.25, -0.2) is 16.8 Å². The van der Waals surface area contributed by atoms with Gasteiger partial charge >= 0.3 is 0 Å². The fourth-order valence-electron chi connectivity index (χ4n) is 4.80. The van der Waals surface area contributed by atoms with Crippen LogP contribution in [0.5, 0.6) is 5.75 Å². The van der Waals surface area contributed by atoms with Gasteiger partial charge in [0, 0.05) is 32.7 Å². The summed E-state index contributed by atoms with van der Waals surface area (Å²) in [5, 5.41) is 9.66. The highest BCUT2D eigenvalue weighted by Crippen LogP contribution is 2.23. The molecule has 0 amide bonds.